The lowest BCUT2D eigenvalue weighted by Gasteiger charge is -2.25. The third kappa shape index (κ3) is 5.44. The van der Waals surface area contributed by atoms with Crippen molar-refractivity contribution >= 4 is 23.1 Å². The fourth-order valence-electron chi connectivity index (χ4n) is 4.69. The number of nitro groups is 1. The van der Waals surface area contributed by atoms with Gasteiger partial charge in [-0.15, -0.1) is 0 Å². The molecule has 1 amide bonds. The number of nitro benzene ring substituents is 1. The van der Waals surface area contributed by atoms with Crippen LogP contribution in [0, 0.1) is 17.0 Å². The number of rotatable bonds is 8. The average Bonchev–Trinajstić information content (AvgIpc) is 3.21. The number of ketones is 1. The molecular formula is C31H25N3O6. The van der Waals surface area contributed by atoms with Crippen LogP contribution in [0.1, 0.15) is 33.9 Å². The molecule has 2 heterocycles. The van der Waals surface area contributed by atoms with Crippen LogP contribution in [-0.2, 0) is 22.7 Å². The summed E-state index contributed by atoms with van der Waals surface area (Å²) in [7, 11) is 0. The Balaban J connectivity index is 1.48. The lowest BCUT2D eigenvalue weighted by Crippen LogP contribution is -2.29. The summed E-state index contributed by atoms with van der Waals surface area (Å²) in [5.41, 5.74) is 3.38. The van der Waals surface area contributed by atoms with Crippen LogP contribution in [-0.4, -0.2) is 31.6 Å². The summed E-state index contributed by atoms with van der Waals surface area (Å²) >= 11 is 0. The monoisotopic (exact) mass is 535 g/mol. The van der Waals surface area contributed by atoms with E-state index >= 15 is 0 Å². The number of hydrogen-bond acceptors (Lipinski definition) is 7. The molecule has 4 aromatic rings. The summed E-state index contributed by atoms with van der Waals surface area (Å²) in [6.07, 6.45) is 3.18. The van der Waals surface area contributed by atoms with Crippen molar-refractivity contribution in [1.29, 1.82) is 0 Å². The molecule has 1 fully saturated rings. The molecule has 1 aliphatic heterocycles. The zero-order valence-corrected chi connectivity index (χ0v) is 21.6. The van der Waals surface area contributed by atoms with Gasteiger partial charge in [0, 0.05) is 36.6 Å². The van der Waals surface area contributed by atoms with Gasteiger partial charge in [0.1, 0.15) is 18.1 Å². The number of ether oxygens (including phenoxy) is 1. The quantitative estimate of drug-likeness (QED) is 0.104. The zero-order valence-electron chi connectivity index (χ0n) is 21.6. The van der Waals surface area contributed by atoms with Gasteiger partial charge in [-0.1, -0.05) is 35.9 Å². The highest BCUT2D eigenvalue weighted by Gasteiger charge is 2.46. The van der Waals surface area contributed by atoms with E-state index in [0.717, 1.165) is 11.1 Å². The van der Waals surface area contributed by atoms with Crippen LogP contribution in [0.2, 0.25) is 0 Å². The minimum absolute atomic E-state index is 0.0581. The Morgan fingerprint density at radius 3 is 2.38 bits per heavy atom. The molecule has 1 aromatic heterocycles. The Kier molecular flexibility index (Phi) is 7.37. The molecule has 0 spiro atoms. The lowest BCUT2D eigenvalue weighted by atomic mass is 9.95. The number of non-ortho nitro benzene ring substituents is 1. The van der Waals surface area contributed by atoms with Crippen molar-refractivity contribution in [2.75, 3.05) is 0 Å². The lowest BCUT2D eigenvalue weighted by molar-refractivity contribution is -0.384. The number of carbonyl (C=O) groups is 2. The molecule has 0 radical (unpaired) electrons. The molecule has 0 saturated carbocycles. The van der Waals surface area contributed by atoms with Crippen LogP contribution in [0.3, 0.4) is 0 Å². The van der Waals surface area contributed by atoms with Crippen LogP contribution >= 0.6 is 0 Å². The molecule has 1 saturated heterocycles. The summed E-state index contributed by atoms with van der Waals surface area (Å²) in [5.74, 6) is -1.40. The van der Waals surface area contributed by atoms with Crippen molar-refractivity contribution in [2.24, 2.45) is 0 Å². The SMILES string of the molecule is Cc1cccc(COc2ccc(/C(O)=C3/C(=O)C(=O)N(Cc4cccnc4)C3c3ccc([N+](=O)[O-])cc3)cc2)c1. The van der Waals surface area contributed by atoms with Crippen molar-refractivity contribution in [1.82, 2.24) is 9.88 Å². The first-order chi connectivity index (χ1) is 19.3. The van der Waals surface area contributed by atoms with E-state index in [-0.39, 0.29) is 23.6 Å². The topological polar surface area (TPSA) is 123 Å². The third-order valence-electron chi connectivity index (χ3n) is 6.65. The second-order valence-electron chi connectivity index (χ2n) is 9.44. The highest BCUT2D eigenvalue weighted by Crippen LogP contribution is 2.40. The first-order valence-electron chi connectivity index (χ1n) is 12.5. The van der Waals surface area contributed by atoms with E-state index in [0.29, 0.717) is 29.0 Å². The van der Waals surface area contributed by atoms with Crippen LogP contribution in [0.5, 0.6) is 5.75 Å². The number of nitrogens with zero attached hydrogens (tertiary/aromatic N) is 3. The van der Waals surface area contributed by atoms with Crippen LogP contribution in [0.15, 0.2) is 103 Å². The molecule has 0 bridgehead atoms. The highest BCUT2D eigenvalue weighted by molar-refractivity contribution is 6.46. The van der Waals surface area contributed by atoms with E-state index in [9.17, 15) is 24.8 Å². The molecule has 1 aliphatic rings. The molecule has 0 aliphatic carbocycles. The van der Waals surface area contributed by atoms with E-state index < -0.39 is 22.7 Å². The number of aryl methyl sites for hydroxylation is 1. The standard InChI is InChI=1S/C31H25N3O6/c1-20-4-2-5-21(16-20)19-40-26-13-9-24(10-14-26)29(35)27-28(23-7-11-25(12-8-23)34(38)39)33(31(37)30(27)36)18-22-6-3-15-32-17-22/h2-17,28,35H,18-19H2,1H3/b29-27-. The number of benzene rings is 3. The molecule has 9 heteroatoms. The molecule has 9 nitrogen and oxygen atoms in total. The smallest absolute Gasteiger partial charge is 0.295 e. The summed E-state index contributed by atoms with van der Waals surface area (Å²) in [5, 5.41) is 22.5. The second-order valence-corrected chi connectivity index (χ2v) is 9.44. The number of pyridine rings is 1. The second kappa shape index (κ2) is 11.2. The van der Waals surface area contributed by atoms with Gasteiger partial charge in [-0.2, -0.15) is 0 Å². The molecule has 200 valence electrons. The Labute approximate surface area is 230 Å². The van der Waals surface area contributed by atoms with E-state index in [4.69, 9.17) is 4.74 Å². The van der Waals surface area contributed by atoms with Crippen molar-refractivity contribution in [3.05, 3.63) is 141 Å². The third-order valence-corrected chi connectivity index (χ3v) is 6.65. The number of carbonyl (C=O) groups excluding carboxylic acids is 2. The van der Waals surface area contributed by atoms with Gasteiger partial charge in [0.25, 0.3) is 17.4 Å². The van der Waals surface area contributed by atoms with Crippen molar-refractivity contribution in [3.8, 4) is 5.75 Å². The number of hydrogen-bond donors (Lipinski definition) is 1. The largest absolute Gasteiger partial charge is 0.507 e. The Morgan fingerprint density at radius 1 is 1.00 bits per heavy atom. The molecule has 1 N–H and O–H groups in total. The van der Waals surface area contributed by atoms with E-state index in [1.807, 2.05) is 31.2 Å². The minimum Gasteiger partial charge on any atom is -0.507 e. The maximum absolute atomic E-state index is 13.3. The number of amides is 1. The Bertz CT molecular complexity index is 1600. The summed E-state index contributed by atoms with van der Waals surface area (Å²) in [6.45, 7) is 2.43. The number of aliphatic hydroxyl groups is 1. The minimum atomic E-state index is -0.960. The van der Waals surface area contributed by atoms with Gasteiger partial charge >= 0.3 is 0 Å². The van der Waals surface area contributed by atoms with Gasteiger partial charge in [-0.3, -0.25) is 24.7 Å². The normalized spacial score (nSPS) is 16.2. The van der Waals surface area contributed by atoms with Gasteiger partial charge in [0.05, 0.1) is 16.5 Å². The number of aliphatic hydroxyl groups excluding tert-OH is 1. The predicted octanol–water partition coefficient (Wildman–Crippen LogP) is 5.50. The Hall–Kier alpha value is -5.31. The molecule has 40 heavy (non-hydrogen) atoms. The van der Waals surface area contributed by atoms with Crippen LogP contribution < -0.4 is 4.74 Å². The molecule has 1 atom stereocenters. The van der Waals surface area contributed by atoms with Gasteiger partial charge in [-0.25, -0.2) is 0 Å². The van der Waals surface area contributed by atoms with Gasteiger partial charge in [0.15, 0.2) is 0 Å². The maximum Gasteiger partial charge on any atom is 0.295 e. The van der Waals surface area contributed by atoms with Crippen LogP contribution in [0.4, 0.5) is 5.69 Å². The van der Waals surface area contributed by atoms with E-state index in [1.165, 1.54) is 29.2 Å². The van der Waals surface area contributed by atoms with E-state index in [2.05, 4.69) is 4.98 Å². The van der Waals surface area contributed by atoms with Crippen molar-refractivity contribution in [2.45, 2.75) is 26.1 Å². The van der Waals surface area contributed by atoms with Crippen molar-refractivity contribution in [3.63, 3.8) is 0 Å². The number of Topliss-reactive ketones (excluding diaryl/α,β-unsaturated/α-hetero) is 1. The summed E-state index contributed by atoms with van der Waals surface area (Å²) in [6, 6.07) is 22.7. The van der Waals surface area contributed by atoms with Crippen LogP contribution in [0.25, 0.3) is 5.76 Å². The van der Waals surface area contributed by atoms with Gasteiger partial charge in [-0.05, 0) is 66.1 Å². The number of aromatic nitrogens is 1. The van der Waals surface area contributed by atoms with Gasteiger partial charge in [0.2, 0.25) is 0 Å². The van der Waals surface area contributed by atoms with Gasteiger partial charge < -0.3 is 14.7 Å². The highest BCUT2D eigenvalue weighted by atomic mass is 16.6. The molecular weight excluding hydrogens is 510 g/mol. The first kappa shape index (κ1) is 26.3. The first-order valence-corrected chi connectivity index (χ1v) is 12.5. The molecule has 5 rings (SSSR count). The fourth-order valence-corrected chi connectivity index (χ4v) is 4.69. The van der Waals surface area contributed by atoms with Crippen molar-refractivity contribution < 1.29 is 24.4 Å². The maximum atomic E-state index is 13.3. The molecule has 3 aromatic carbocycles. The van der Waals surface area contributed by atoms with E-state index in [1.54, 1.807) is 48.8 Å². The predicted molar refractivity (Wildman–Crippen MR) is 147 cm³/mol. The molecule has 1 unspecified atom stereocenters. The summed E-state index contributed by atoms with van der Waals surface area (Å²) in [4.78, 5) is 42.5. The fraction of sp³-hybridized carbons (Fsp3) is 0.129. The number of likely N-dealkylation sites (tertiary alicyclic amines) is 1. The summed E-state index contributed by atoms with van der Waals surface area (Å²) < 4.78 is 5.86. The average molecular weight is 536 g/mol. The Morgan fingerprint density at radius 2 is 1.73 bits per heavy atom. The zero-order chi connectivity index (χ0) is 28.2.